The van der Waals surface area contributed by atoms with E-state index in [-0.39, 0.29) is 22.9 Å². The van der Waals surface area contributed by atoms with Gasteiger partial charge in [0, 0.05) is 18.2 Å². The summed E-state index contributed by atoms with van der Waals surface area (Å²) in [6.45, 7) is 3.03. The topological polar surface area (TPSA) is 85.3 Å². The number of hydrogen-bond donors (Lipinski definition) is 2. The SMILES string of the molecule is Cc1oc(C)c(S(=O)(=O)Nc2ccc(F)cc2F)c1CN. The molecule has 1 aromatic heterocycles. The highest BCUT2D eigenvalue weighted by atomic mass is 32.2. The van der Waals surface area contributed by atoms with Gasteiger partial charge in [0.05, 0.1) is 5.69 Å². The molecule has 114 valence electrons. The minimum Gasteiger partial charge on any atom is -0.465 e. The maximum atomic E-state index is 13.6. The molecule has 21 heavy (non-hydrogen) atoms. The molecule has 1 heterocycles. The molecule has 0 fully saturated rings. The van der Waals surface area contributed by atoms with Crippen molar-refractivity contribution in [2.45, 2.75) is 25.3 Å². The Morgan fingerprint density at radius 2 is 1.90 bits per heavy atom. The standard InChI is InChI=1S/C13H14F2N2O3S/c1-7-10(6-16)13(8(2)20-7)21(18,19)17-12-4-3-9(14)5-11(12)15/h3-5,17H,6,16H2,1-2H3. The molecule has 0 bridgehead atoms. The first-order valence-corrected chi connectivity index (χ1v) is 7.51. The van der Waals surface area contributed by atoms with E-state index in [9.17, 15) is 17.2 Å². The lowest BCUT2D eigenvalue weighted by Gasteiger charge is -2.09. The highest BCUT2D eigenvalue weighted by Gasteiger charge is 2.27. The Morgan fingerprint density at radius 3 is 2.48 bits per heavy atom. The molecule has 5 nitrogen and oxygen atoms in total. The van der Waals surface area contributed by atoms with Crippen LogP contribution in [0.4, 0.5) is 14.5 Å². The van der Waals surface area contributed by atoms with Gasteiger partial charge in [-0.25, -0.2) is 17.2 Å². The smallest absolute Gasteiger partial charge is 0.265 e. The van der Waals surface area contributed by atoms with Crippen molar-refractivity contribution in [3.8, 4) is 0 Å². The molecule has 0 saturated carbocycles. The predicted octanol–water partition coefficient (Wildman–Crippen LogP) is 2.43. The number of nitrogens with one attached hydrogen (secondary N) is 1. The van der Waals surface area contributed by atoms with Crippen molar-refractivity contribution >= 4 is 15.7 Å². The van der Waals surface area contributed by atoms with Crippen LogP contribution in [0, 0.1) is 25.5 Å². The van der Waals surface area contributed by atoms with Crippen LogP contribution in [0.3, 0.4) is 0 Å². The van der Waals surface area contributed by atoms with Crippen LogP contribution >= 0.6 is 0 Å². The van der Waals surface area contributed by atoms with Crippen LogP contribution in [-0.4, -0.2) is 8.42 Å². The van der Waals surface area contributed by atoms with Crippen LogP contribution in [0.1, 0.15) is 17.1 Å². The van der Waals surface area contributed by atoms with E-state index in [1.165, 1.54) is 6.92 Å². The van der Waals surface area contributed by atoms with Crippen LogP contribution < -0.4 is 10.5 Å². The molecular formula is C13H14F2N2O3S. The maximum absolute atomic E-state index is 13.6. The van der Waals surface area contributed by atoms with Gasteiger partial charge >= 0.3 is 0 Å². The van der Waals surface area contributed by atoms with Crippen molar-refractivity contribution in [2.75, 3.05) is 4.72 Å². The summed E-state index contributed by atoms with van der Waals surface area (Å²) in [4.78, 5) is -0.119. The number of halogens is 2. The Labute approximate surface area is 120 Å². The molecule has 0 aliphatic heterocycles. The molecule has 0 amide bonds. The Hall–Kier alpha value is -1.93. The largest absolute Gasteiger partial charge is 0.465 e. The van der Waals surface area contributed by atoms with Gasteiger partial charge in [-0.3, -0.25) is 4.72 Å². The zero-order chi connectivity index (χ0) is 15.8. The number of benzene rings is 1. The predicted molar refractivity (Wildman–Crippen MR) is 73.2 cm³/mol. The number of rotatable bonds is 4. The van der Waals surface area contributed by atoms with E-state index in [4.69, 9.17) is 10.2 Å². The van der Waals surface area contributed by atoms with Gasteiger partial charge in [0.15, 0.2) is 0 Å². The molecular weight excluding hydrogens is 302 g/mol. The van der Waals surface area contributed by atoms with Crippen LogP contribution in [0.25, 0.3) is 0 Å². The van der Waals surface area contributed by atoms with Crippen molar-refractivity contribution in [3.05, 3.63) is 46.9 Å². The van der Waals surface area contributed by atoms with E-state index in [0.717, 1.165) is 12.1 Å². The Kier molecular flexibility index (Phi) is 4.02. The minimum atomic E-state index is -4.09. The second-order valence-electron chi connectivity index (χ2n) is 4.46. The summed E-state index contributed by atoms with van der Waals surface area (Å²) in [5.41, 5.74) is 5.50. The summed E-state index contributed by atoms with van der Waals surface area (Å²) >= 11 is 0. The van der Waals surface area contributed by atoms with Gasteiger partial charge in [-0.05, 0) is 26.0 Å². The lowest BCUT2D eigenvalue weighted by Crippen LogP contribution is -2.17. The van der Waals surface area contributed by atoms with Crippen LogP contribution in [0.5, 0.6) is 0 Å². The average molecular weight is 316 g/mol. The van der Waals surface area contributed by atoms with E-state index in [2.05, 4.69) is 4.72 Å². The second kappa shape index (κ2) is 5.45. The molecule has 2 rings (SSSR count). The molecule has 2 aromatic rings. The maximum Gasteiger partial charge on any atom is 0.265 e. The fourth-order valence-electron chi connectivity index (χ4n) is 2.07. The summed E-state index contributed by atoms with van der Waals surface area (Å²) in [6, 6.07) is 2.56. The molecule has 0 radical (unpaired) electrons. The first kappa shape index (κ1) is 15.5. The molecule has 0 aliphatic rings. The Balaban J connectivity index is 2.48. The highest BCUT2D eigenvalue weighted by molar-refractivity contribution is 7.92. The van der Waals surface area contributed by atoms with Gasteiger partial charge in [0.25, 0.3) is 10.0 Å². The summed E-state index contributed by atoms with van der Waals surface area (Å²) in [6.07, 6.45) is 0. The summed E-state index contributed by atoms with van der Waals surface area (Å²) in [7, 11) is -4.09. The summed E-state index contributed by atoms with van der Waals surface area (Å²) < 4.78 is 58.5. The van der Waals surface area contributed by atoms with Gasteiger partial charge in [0.1, 0.15) is 28.1 Å². The third kappa shape index (κ3) is 2.91. The lowest BCUT2D eigenvalue weighted by atomic mass is 10.2. The molecule has 0 spiro atoms. The van der Waals surface area contributed by atoms with Gasteiger partial charge in [0.2, 0.25) is 0 Å². The fourth-order valence-corrected chi connectivity index (χ4v) is 3.59. The van der Waals surface area contributed by atoms with Crippen LogP contribution in [0.15, 0.2) is 27.5 Å². The first-order valence-electron chi connectivity index (χ1n) is 6.03. The summed E-state index contributed by atoms with van der Waals surface area (Å²) in [5.74, 6) is -1.27. The molecule has 8 heteroatoms. The first-order chi connectivity index (χ1) is 9.76. The van der Waals surface area contributed by atoms with Crippen molar-refractivity contribution in [3.63, 3.8) is 0 Å². The number of anilines is 1. The van der Waals surface area contributed by atoms with E-state index < -0.39 is 21.7 Å². The van der Waals surface area contributed by atoms with Crippen molar-refractivity contribution in [1.29, 1.82) is 0 Å². The molecule has 0 aliphatic carbocycles. The monoisotopic (exact) mass is 316 g/mol. The average Bonchev–Trinajstić information content (AvgIpc) is 2.67. The van der Waals surface area contributed by atoms with E-state index in [0.29, 0.717) is 17.4 Å². The minimum absolute atomic E-state index is 0.0364. The van der Waals surface area contributed by atoms with Crippen molar-refractivity contribution in [2.24, 2.45) is 5.73 Å². The molecule has 3 N–H and O–H groups in total. The summed E-state index contributed by atoms with van der Waals surface area (Å²) in [5, 5.41) is 0. The van der Waals surface area contributed by atoms with Gasteiger partial charge < -0.3 is 10.2 Å². The van der Waals surface area contributed by atoms with Crippen LogP contribution in [0.2, 0.25) is 0 Å². The third-order valence-corrected chi connectivity index (χ3v) is 4.53. The second-order valence-corrected chi connectivity index (χ2v) is 6.08. The van der Waals surface area contributed by atoms with E-state index >= 15 is 0 Å². The Morgan fingerprint density at radius 1 is 1.24 bits per heavy atom. The van der Waals surface area contributed by atoms with Crippen molar-refractivity contribution in [1.82, 2.24) is 0 Å². The number of sulfonamides is 1. The number of furan rings is 1. The van der Waals surface area contributed by atoms with Gasteiger partial charge in [-0.2, -0.15) is 0 Å². The van der Waals surface area contributed by atoms with E-state index in [1.807, 2.05) is 0 Å². The van der Waals surface area contributed by atoms with E-state index in [1.54, 1.807) is 6.92 Å². The Bertz CT molecular complexity index is 785. The molecule has 0 atom stereocenters. The fraction of sp³-hybridized carbons (Fsp3) is 0.231. The number of nitrogens with two attached hydrogens (primary N) is 1. The van der Waals surface area contributed by atoms with Crippen molar-refractivity contribution < 1.29 is 21.6 Å². The molecule has 0 unspecified atom stereocenters. The molecule has 1 aromatic carbocycles. The number of hydrogen-bond acceptors (Lipinski definition) is 4. The molecule has 0 saturated heterocycles. The normalized spacial score (nSPS) is 11.7. The third-order valence-electron chi connectivity index (χ3n) is 2.97. The number of aryl methyl sites for hydroxylation is 2. The quantitative estimate of drug-likeness (QED) is 0.907. The highest BCUT2D eigenvalue weighted by Crippen LogP contribution is 2.28. The van der Waals surface area contributed by atoms with Gasteiger partial charge in [-0.1, -0.05) is 0 Å². The lowest BCUT2D eigenvalue weighted by molar-refractivity contribution is 0.494. The van der Waals surface area contributed by atoms with Crippen LogP contribution in [-0.2, 0) is 16.6 Å². The zero-order valence-corrected chi connectivity index (χ0v) is 12.2. The zero-order valence-electron chi connectivity index (χ0n) is 11.4. The van der Waals surface area contributed by atoms with Gasteiger partial charge in [-0.15, -0.1) is 0 Å².